The molecular weight excluding hydrogens is 715 g/mol. The molecule has 53 heavy (non-hydrogen) atoms. The van der Waals surface area contributed by atoms with Gasteiger partial charge in [-0.3, -0.25) is 19.0 Å². The summed E-state index contributed by atoms with van der Waals surface area (Å²) in [6.07, 6.45) is -3.33. The van der Waals surface area contributed by atoms with Crippen molar-refractivity contribution in [1.29, 1.82) is 10.5 Å². The number of aryl methyl sites for hydroxylation is 1. The minimum absolute atomic E-state index is 0.0150. The number of carbonyl (C=O) groups is 2. The predicted octanol–water partition coefficient (Wildman–Crippen LogP) is 4.67. The van der Waals surface area contributed by atoms with E-state index >= 15 is 4.39 Å². The third-order valence-corrected chi connectivity index (χ3v) is 8.65. The molecule has 2 amide bonds. The second-order valence-corrected chi connectivity index (χ2v) is 12.9. The molecule has 0 bridgehead atoms. The third kappa shape index (κ3) is 6.87. The molecule has 274 valence electrons. The summed E-state index contributed by atoms with van der Waals surface area (Å²) < 4.78 is 99.3. The van der Waals surface area contributed by atoms with Gasteiger partial charge in [0.15, 0.2) is 5.69 Å². The summed E-state index contributed by atoms with van der Waals surface area (Å²) in [5.74, 6) is -3.78. The predicted molar refractivity (Wildman–Crippen MR) is 168 cm³/mol. The molecule has 5 aromatic rings. The van der Waals surface area contributed by atoms with Gasteiger partial charge >= 0.3 is 12.7 Å². The van der Waals surface area contributed by atoms with E-state index in [1.807, 2.05) is 6.07 Å². The molecule has 1 N–H and O–H groups in total. The Morgan fingerprint density at radius 2 is 1.83 bits per heavy atom. The molecule has 0 radical (unpaired) electrons. The van der Waals surface area contributed by atoms with E-state index in [9.17, 15) is 46.5 Å². The van der Waals surface area contributed by atoms with Crippen molar-refractivity contribution in [2.24, 2.45) is 7.05 Å². The molecule has 1 aliphatic rings. The molecule has 0 spiro atoms. The monoisotopic (exact) mass is 741 g/mol. The number of nitriles is 2. The molecule has 0 unspecified atom stereocenters. The van der Waals surface area contributed by atoms with E-state index in [1.54, 1.807) is 6.07 Å². The topological polar surface area (TPSA) is 163 Å². The Bertz CT molecular complexity index is 2360. The fourth-order valence-corrected chi connectivity index (χ4v) is 6.29. The van der Waals surface area contributed by atoms with Crippen molar-refractivity contribution in [3.05, 3.63) is 82.1 Å². The van der Waals surface area contributed by atoms with Crippen molar-refractivity contribution in [2.45, 2.75) is 57.5 Å². The summed E-state index contributed by atoms with van der Waals surface area (Å²) in [5, 5.41) is 32.7. The maximum absolute atomic E-state index is 15.6. The summed E-state index contributed by atoms with van der Waals surface area (Å²) in [7, 11) is 1.46. The van der Waals surface area contributed by atoms with Crippen LogP contribution in [0.4, 0.5) is 30.7 Å². The number of hydrogen-bond donors (Lipinski definition) is 1. The quantitative estimate of drug-likeness (QED) is 0.213. The number of benzene rings is 1. The summed E-state index contributed by atoms with van der Waals surface area (Å²) in [5.41, 5.74) is -3.30. The molecule has 1 aliphatic heterocycles. The average molecular weight is 742 g/mol. The lowest BCUT2D eigenvalue weighted by atomic mass is 9.89. The number of rotatable bonds is 9. The van der Waals surface area contributed by atoms with Crippen molar-refractivity contribution in [3.63, 3.8) is 0 Å². The van der Waals surface area contributed by atoms with Crippen LogP contribution in [0.1, 0.15) is 58.8 Å². The van der Waals surface area contributed by atoms with Crippen molar-refractivity contribution in [2.75, 3.05) is 6.54 Å². The maximum atomic E-state index is 15.6. The van der Waals surface area contributed by atoms with Crippen LogP contribution in [0.2, 0.25) is 0 Å². The Balaban J connectivity index is 1.37. The normalized spacial score (nSPS) is 14.0. The number of pyridine rings is 1. The molecule has 0 saturated carbocycles. The first-order chi connectivity index (χ1) is 24.9. The van der Waals surface area contributed by atoms with Crippen molar-refractivity contribution in [1.82, 2.24) is 44.5 Å². The smallest absolute Gasteiger partial charge is 0.348 e. The number of amides is 2. The zero-order valence-corrected chi connectivity index (χ0v) is 27.9. The number of fused-ring (bicyclic) bond motifs is 2. The zero-order chi connectivity index (χ0) is 38.6. The van der Waals surface area contributed by atoms with Gasteiger partial charge < -0.3 is 10.2 Å². The van der Waals surface area contributed by atoms with Crippen molar-refractivity contribution < 1.29 is 40.3 Å². The summed E-state index contributed by atoms with van der Waals surface area (Å²) in [6.45, 7) is -0.843. The number of aromatic nitrogens is 7. The van der Waals surface area contributed by atoms with Crippen LogP contribution in [-0.2, 0) is 37.4 Å². The van der Waals surface area contributed by atoms with Gasteiger partial charge in [0.2, 0.25) is 5.91 Å². The molecule has 0 aliphatic carbocycles. The van der Waals surface area contributed by atoms with E-state index < -0.39 is 77.8 Å². The molecule has 4 aromatic heterocycles. The van der Waals surface area contributed by atoms with Crippen LogP contribution >= 0.6 is 0 Å². The Labute approximate surface area is 294 Å². The minimum atomic E-state index is -4.86. The van der Waals surface area contributed by atoms with Crippen LogP contribution in [-0.4, -0.2) is 69.2 Å². The number of carbonyl (C=O) groups excluding carboxylic acids is 2. The summed E-state index contributed by atoms with van der Waals surface area (Å²) in [6, 6.07) is 6.26. The van der Waals surface area contributed by atoms with E-state index in [0.29, 0.717) is 10.7 Å². The van der Waals surface area contributed by atoms with E-state index in [0.717, 1.165) is 28.0 Å². The van der Waals surface area contributed by atoms with E-state index in [-0.39, 0.29) is 51.9 Å². The van der Waals surface area contributed by atoms with E-state index in [1.165, 1.54) is 37.7 Å². The first-order valence-corrected chi connectivity index (χ1v) is 15.7. The van der Waals surface area contributed by atoms with Gasteiger partial charge in [0, 0.05) is 37.8 Å². The standard InChI is InChI=1S/C33H26F7N11O2/c1-32(2,15-51-18(12-42)10-24(46-51)33(38,39)40)45-29(52)23(8-16-13-43-50(14-16)31(36)37)49-7-6-19-20(4-5-21(34)25(19)30(49)53)26-17(11-41)9-22-27(44-26)28(35)47-48(22)3/h4-5,9-10,13-14,23,31H,6-8,15H2,1-3H3,(H,45,52)/t23-/m1/s1. The van der Waals surface area contributed by atoms with E-state index in [4.69, 9.17) is 0 Å². The molecule has 0 saturated heterocycles. The lowest BCUT2D eigenvalue weighted by Crippen LogP contribution is -2.58. The largest absolute Gasteiger partial charge is 0.435 e. The van der Waals surface area contributed by atoms with Gasteiger partial charge in [-0.05, 0) is 49.6 Å². The average Bonchev–Trinajstić information content (AvgIpc) is 3.80. The zero-order valence-electron chi connectivity index (χ0n) is 27.9. The second-order valence-electron chi connectivity index (χ2n) is 12.9. The number of hydrogen-bond acceptors (Lipinski definition) is 8. The molecule has 1 atom stereocenters. The minimum Gasteiger partial charge on any atom is -0.348 e. The summed E-state index contributed by atoms with van der Waals surface area (Å²) in [4.78, 5) is 33.6. The van der Waals surface area contributed by atoms with Gasteiger partial charge in [0.05, 0.1) is 40.6 Å². The van der Waals surface area contributed by atoms with Gasteiger partial charge in [-0.25, -0.2) is 14.1 Å². The highest BCUT2D eigenvalue weighted by Gasteiger charge is 2.40. The fourth-order valence-electron chi connectivity index (χ4n) is 6.29. The Morgan fingerprint density at radius 1 is 1.09 bits per heavy atom. The second kappa shape index (κ2) is 13.3. The maximum Gasteiger partial charge on any atom is 0.435 e. The van der Waals surface area contributed by atoms with Crippen LogP contribution in [0.5, 0.6) is 0 Å². The van der Waals surface area contributed by atoms with Gasteiger partial charge in [0.1, 0.15) is 35.2 Å². The first kappa shape index (κ1) is 36.5. The number of alkyl halides is 5. The Hall–Kier alpha value is -6.31. The van der Waals surface area contributed by atoms with Gasteiger partial charge in [0.25, 0.3) is 11.9 Å². The van der Waals surface area contributed by atoms with Crippen LogP contribution in [0.15, 0.2) is 36.7 Å². The molecule has 0 fully saturated rings. The Kier molecular flexibility index (Phi) is 9.19. The van der Waals surface area contributed by atoms with E-state index in [2.05, 4.69) is 25.6 Å². The highest BCUT2D eigenvalue weighted by molar-refractivity contribution is 6.02. The highest BCUT2D eigenvalue weighted by Crippen LogP contribution is 2.35. The molecule has 13 nitrogen and oxygen atoms in total. The number of nitrogens with zero attached hydrogens (tertiary/aromatic N) is 10. The van der Waals surface area contributed by atoms with Gasteiger partial charge in [-0.1, -0.05) is 0 Å². The van der Waals surface area contributed by atoms with Gasteiger partial charge in [-0.2, -0.15) is 47.1 Å². The van der Waals surface area contributed by atoms with Gasteiger partial charge in [-0.15, -0.1) is 5.10 Å². The lowest BCUT2D eigenvalue weighted by molar-refractivity contribution is -0.141. The number of nitrogens with one attached hydrogen (secondary N) is 1. The van der Waals surface area contributed by atoms with Crippen LogP contribution in [0.3, 0.4) is 0 Å². The molecule has 6 rings (SSSR count). The molecule has 1 aromatic carbocycles. The SMILES string of the molecule is Cn1nc(F)c2nc(-c3ccc(F)c4c3CCN([C@H](Cc3cnn(C(F)F)c3)C(=O)NC(C)(C)Cn3nc(C(F)(F)F)cc3C#N)C4=O)c(C#N)cc21. The number of halogens is 7. The molecule has 5 heterocycles. The highest BCUT2D eigenvalue weighted by atomic mass is 19.4. The van der Waals surface area contributed by atoms with Crippen molar-refractivity contribution >= 4 is 22.8 Å². The van der Waals surface area contributed by atoms with Crippen LogP contribution in [0.25, 0.3) is 22.3 Å². The molecule has 20 heteroatoms. The molecular formula is C33H26F7N11O2. The Morgan fingerprint density at radius 3 is 2.47 bits per heavy atom. The van der Waals surface area contributed by atoms with Crippen molar-refractivity contribution in [3.8, 4) is 23.4 Å². The first-order valence-electron chi connectivity index (χ1n) is 15.7. The fraction of sp³-hybridized carbons (Fsp3) is 0.333. The summed E-state index contributed by atoms with van der Waals surface area (Å²) >= 11 is 0. The third-order valence-electron chi connectivity index (χ3n) is 8.65. The van der Waals surface area contributed by atoms with Crippen LogP contribution in [0, 0.1) is 34.4 Å². The van der Waals surface area contributed by atoms with Crippen LogP contribution < -0.4 is 5.32 Å². The lowest BCUT2D eigenvalue weighted by Gasteiger charge is -2.37.